The predicted molar refractivity (Wildman–Crippen MR) is 127 cm³/mol. The van der Waals surface area contributed by atoms with Gasteiger partial charge in [0.15, 0.2) is 5.69 Å². The Kier molecular flexibility index (Phi) is 6.80. The van der Waals surface area contributed by atoms with Crippen LogP contribution in [0.4, 0.5) is 5.69 Å². The Morgan fingerprint density at radius 3 is 2.39 bits per heavy atom. The summed E-state index contributed by atoms with van der Waals surface area (Å²) in [6, 6.07) is 22.5. The molecule has 2 N–H and O–H groups in total. The number of carbonyl (C=O) groups excluding carboxylic acids is 2. The maximum atomic E-state index is 13.4. The van der Waals surface area contributed by atoms with E-state index < -0.39 is 5.91 Å². The Hall–Kier alpha value is -4.39. The number of amides is 2. The van der Waals surface area contributed by atoms with Gasteiger partial charge in [-0.2, -0.15) is 5.10 Å². The van der Waals surface area contributed by atoms with Gasteiger partial charge in [-0.25, -0.2) is 0 Å². The van der Waals surface area contributed by atoms with Crippen molar-refractivity contribution < 1.29 is 14.0 Å². The lowest BCUT2D eigenvalue weighted by Gasteiger charge is -2.10. The van der Waals surface area contributed by atoms with E-state index in [0.29, 0.717) is 23.6 Å². The SMILES string of the molecule is CCn1cc(NC(=O)/C(=C\c2ccccc2)c2ccccc2)c(C(=O)NCc2ccco2)n1. The van der Waals surface area contributed by atoms with E-state index in [2.05, 4.69) is 15.7 Å². The quantitative estimate of drug-likeness (QED) is 0.309. The fourth-order valence-electron chi connectivity index (χ4n) is 3.31. The monoisotopic (exact) mass is 440 g/mol. The number of aryl methyl sites for hydroxylation is 1. The Morgan fingerprint density at radius 2 is 1.73 bits per heavy atom. The smallest absolute Gasteiger partial charge is 0.274 e. The second-order valence-electron chi connectivity index (χ2n) is 7.30. The maximum Gasteiger partial charge on any atom is 0.274 e. The van der Waals surface area contributed by atoms with Gasteiger partial charge >= 0.3 is 0 Å². The van der Waals surface area contributed by atoms with Crippen molar-refractivity contribution in [1.82, 2.24) is 15.1 Å². The summed E-state index contributed by atoms with van der Waals surface area (Å²) >= 11 is 0. The molecule has 166 valence electrons. The molecule has 2 heterocycles. The molecule has 0 saturated heterocycles. The van der Waals surface area contributed by atoms with Gasteiger partial charge in [-0.1, -0.05) is 60.7 Å². The fraction of sp³-hybridized carbons (Fsp3) is 0.115. The van der Waals surface area contributed by atoms with Crippen molar-refractivity contribution in [2.45, 2.75) is 20.0 Å². The van der Waals surface area contributed by atoms with Crippen molar-refractivity contribution >= 4 is 29.2 Å². The lowest BCUT2D eigenvalue weighted by atomic mass is 10.0. The Balaban J connectivity index is 1.61. The molecule has 2 amide bonds. The molecule has 7 heteroatoms. The van der Waals surface area contributed by atoms with Gasteiger partial charge in [0.1, 0.15) is 5.76 Å². The van der Waals surface area contributed by atoms with Crippen LogP contribution in [0.1, 0.15) is 34.3 Å². The Bertz CT molecular complexity index is 1240. The molecule has 4 aromatic rings. The van der Waals surface area contributed by atoms with E-state index in [-0.39, 0.29) is 18.1 Å². The number of benzene rings is 2. The standard InChI is InChI=1S/C26H24N4O3/c1-2-30-18-23(24(29-30)26(32)27-17-21-14-9-15-33-21)28-25(31)22(20-12-7-4-8-13-20)16-19-10-5-3-6-11-19/h3-16,18H,2,17H2,1H3,(H,27,32)(H,28,31)/b22-16-. The highest BCUT2D eigenvalue weighted by molar-refractivity contribution is 6.29. The van der Waals surface area contributed by atoms with Gasteiger partial charge in [0.25, 0.3) is 11.8 Å². The molecule has 0 atom stereocenters. The fourth-order valence-corrected chi connectivity index (χ4v) is 3.31. The summed E-state index contributed by atoms with van der Waals surface area (Å²) in [6.07, 6.45) is 5.03. The third-order valence-corrected chi connectivity index (χ3v) is 4.99. The first-order chi connectivity index (χ1) is 16.1. The zero-order valence-corrected chi connectivity index (χ0v) is 18.2. The zero-order chi connectivity index (χ0) is 23.0. The first kappa shape index (κ1) is 21.8. The molecule has 33 heavy (non-hydrogen) atoms. The molecule has 0 spiro atoms. The van der Waals surface area contributed by atoms with Gasteiger partial charge in [0.05, 0.1) is 18.5 Å². The van der Waals surface area contributed by atoms with Crippen LogP contribution in [-0.4, -0.2) is 21.6 Å². The number of carbonyl (C=O) groups is 2. The molecule has 0 aliphatic rings. The molecule has 0 aliphatic carbocycles. The number of hydrogen-bond donors (Lipinski definition) is 2. The van der Waals surface area contributed by atoms with Gasteiger partial charge in [-0.05, 0) is 36.3 Å². The normalized spacial score (nSPS) is 11.2. The van der Waals surface area contributed by atoms with Crippen LogP contribution < -0.4 is 10.6 Å². The molecule has 0 unspecified atom stereocenters. The third kappa shape index (κ3) is 5.46. The zero-order valence-electron chi connectivity index (χ0n) is 18.2. The average Bonchev–Trinajstić information content (AvgIpc) is 3.52. The molecule has 0 bridgehead atoms. The lowest BCUT2D eigenvalue weighted by Crippen LogP contribution is -2.25. The van der Waals surface area contributed by atoms with Gasteiger partial charge < -0.3 is 15.1 Å². The number of anilines is 1. The van der Waals surface area contributed by atoms with Crippen LogP contribution in [0, 0.1) is 0 Å². The van der Waals surface area contributed by atoms with Gasteiger partial charge in [-0.15, -0.1) is 0 Å². The number of aromatic nitrogens is 2. The van der Waals surface area contributed by atoms with Crippen molar-refractivity contribution in [3.8, 4) is 0 Å². The largest absolute Gasteiger partial charge is 0.467 e. The Labute approximate surface area is 191 Å². The first-order valence-electron chi connectivity index (χ1n) is 10.7. The van der Waals surface area contributed by atoms with E-state index in [1.54, 1.807) is 29.3 Å². The van der Waals surface area contributed by atoms with Crippen molar-refractivity contribution in [3.63, 3.8) is 0 Å². The second-order valence-corrected chi connectivity index (χ2v) is 7.30. The summed E-state index contributed by atoms with van der Waals surface area (Å²) in [6.45, 7) is 2.69. The van der Waals surface area contributed by atoms with Gasteiger partial charge in [0, 0.05) is 18.3 Å². The molecule has 0 radical (unpaired) electrons. The van der Waals surface area contributed by atoms with Crippen molar-refractivity contribution in [3.05, 3.63) is 108 Å². The highest BCUT2D eigenvalue weighted by atomic mass is 16.3. The van der Waals surface area contributed by atoms with Crippen LogP contribution in [0.5, 0.6) is 0 Å². The Morgan fingerprint density at radius 1 is 1.00 bits per heavy atom. The molecule has 0 aliphatic heterocycles. The van der Waals surface area contributed by atoms with Crippen molar-refractivity contribution in [2.75, 3.05) is 5.32 Å². The van der Waals surface area contributed by atoms with E-state index in [0.717, 1.165) is 11.1 Å². The summed E-state index contributed by atoms with van der Waals surface area (Å²) in [5, 5.41) is 10.00. The van der Waals surface area contributed by atoms with Crippen LogP contribution in [0.2, 0.25) is 0 Å². The van der Waals surface area contributed by atoms with Crippen LogP contribution in [0.3, 0.4) is 0 Å². The summed E-state index contributed by atoms with van der Waals surface area (Å²) in [5.41, 5.74) is 2.63. The van der Waals surface area contributed by atoms with Crippen LogP contribution in [0.15, 0.2) is 89.7 Å². The third-order valence-electron chi connectivity index (χ3n) is 4.99. The highest BCUT2D eigenvalue weighted by Gasteiger charge is 2.21. The molecule has 0 saturated carbocycles. The lowest BCUT2D eigenvalue weighted by molar-refractivity contribution is -0.111. The van der Waals surface area contributed by atoms with Crippen LogP contribution >= 0.6 is 0 Å². The van der Waals surface area contributed by atoms with E-state index >= 15 is 0 Å². The van der Waals surface area contributed by atoms with E-state index in [1.807, 2.05) is 73.7 Å². The minimum Gasteiger partial charge on any atom is -0.467 e. The number of nitrogens with one attached hydrogen (secondary N) is 2. The van der Waals surface area contributed by atoms with Crippen LogP contribution in [-0.2, 0) is 17.9 Å². The molecular weight excluding hydrogens is 416 g/mol. The number of hydrogen-bond acceptors (Lipinski definition) is 4. The maximum absolute atomic E-state index is 13.4. The van der Waals surface area contributed by atoms with Crippen molar-refractivity contribution in [2.24, 2.45) is 0 Å². The molecule has 7 nitrogen and oxygen atoms in total. The first-order valence-corrected chi connectivity index (χ1v) is 10.7. The van der Waals surface area contributed by atoms with Crippen molar-refractivity contribution in [1.29, 1.82) is 0 Å². The minimum atomic E-state index is -0.401. The number of furan rings is 1. The highest BCUT2D eigenvalue weighted by Crippen LogP contribution is 2.22. The molecule has 4 rings (SSSR count). The number of nitrogens with zero attached hydrogens (tertiary/aromatic N) is 2. The summed E-state index contributed by atoms with van der Waals surface area (Å²) in [5.74, 6) is -0.107. The van der Waals surface area contributed by atoms with Gasteiger partial charge in [-0.3, -0.25) is 14.3 Å². The average molecular weight is 441 g/mol. The summed E-state index contributed by atoms with van der Waals surface area (Å²) < 4.78 is 6.87. The minimum absolute atomic E-state index is 0.142. The van der Waals surface area contributed by atoms with E-state index in [4.69, 9.17) is 4.42 Å². The van der Waals surface area contributed by atoms with E-state index in [9.17, 15) is 9.59 Å². The molecule has 2 aromatic carbocycles. The second kappa shape index (κ2) is 10.3. The van der Waals surface area contributed by atoms with E-state index in [1.165, 1.54) is 0 Å². The summed E-state index contributed by atoms with van der Waals surface area (Å²) in [7, 11) is 0. The molecule has 0 fully saturated rings. The molecular formula is C26H24N4O3. The van der Waals surface area contributed by atoms with Crippen LogP contribution in [0.25, 0.3) is 11.6 Å². The topological polar surface area (TPSA) is 89.2 Å². The van der Waals surface area contributed by atoms with Gasteiger partial charge in [0.2, 0.25) is 0 Å². The predicted octanol–water partition coefficient (Wildman–Crippen LogP) is 4.61. The number of rotatable bonds is 8. The summed E-state index contributed by atoms with van der Waals surface area (Å²) in [4.78, 5) is 26.2. The molecule has 2 aromatic heterocycles.